The number of rotatable bonds is 6. The highest BCUT2D eigenvalue weighted by Gasteiger charge is 2.36. The van der Waals surface area contributed by atoms with Gasteiger partial charge in [-0.1, -0.05) is 35.3 Å². The second-order valence-corrected chi connectivity index (χ2v) is 5.16. The Morgan fingerprint density at radius 1 is 1.50 bits per heavy atom. The summed E-state index contributed by atoms with van der Waals surface area (Å²) in [5, 5.41) is 25.5. The number of aliphatic hydroxyl groups excluding tert-OH is 2. The van der Waals surface area contributed by atoms with Crippen LogP contribution in [-0.4, -0.2) is 35.5 Å². The van der Waals surface area contributed by atoms with Crippen LogP contribution in [0, 0.1) is 11.3 Å². The van der Waals surface area contributed by atoms with Gasteiger partial charge in [0.05, 0.1) is 19.3 Å². The van der Waals surface area contributed by atoms with Gasteiger partial charge in [-0.3, -0.25) is 5.09 Å². The molecule has 0 aliphatic rings. The zero-order chi connectivity index (χ0) is 12.8. The fourth-order valence-electron chi connectivity index (χ4n) is 1.95. The molecular formula is C9H21N4O2P. The van der Waals surface area contributed by atoms with Gasteiger partial charge in [-0.25, -0.2) is 0 Å². The van der Waals surface area contributed by atoms with E-state index in [1.807, 2.05) is 20.8 Å². The molecule has 0 radical (unpaired) electrons. The Bertz CT molecular complexity index is 246. The van der Waals surface area contributed by atoms with E-state index in [1.165, 1.54) is 0 Å². The van der Waals surface area contributed by atoms with Crippen LogP contribution < -0.4 is 5.09 Å². The van der Waals surface area contributed by atoms with Crippen LogP contribution in [0.4, 0.5) is 0 Å². The largest absolute Gasteiger partial charge is 0.395 e. The molecular weight excluding hydrogens is 227 g/mol. The summed E-state index contributed by atoms with van der Waals surface area (Å²) in [5.41, 5.74) is 8.02. The lowest BCUT2D eigenvalue weighted by molar-refractivity contribution is 0.0147. The van der Waals surface area contributed by atoms with Gasteiger partial charge in [0.1, 0.15) is 0 Å². The Hall–Kier alpha value is -0.380. The highest BCUT2D eigenvalue weighted by molar-refractivity contribution is 7.13. The van der Waals surface area contributed by atoms with Crippen LogP contribution in [0.5, 0.6) is 0 Å². The van der Waals surface area contributed by atoms with E-state index in [2.05, 4.69) is 24.5 Å². The Labute approximate surface area is 98.3 Å². The van der Waals surface area contributed by atoms with Crippen LogP contribution in [0.25, 0.3) is 10.4 Å². The van der Waals surface area contributed by atoms with Gasteiger partial charge in [-0.2, -0.15) is 0 Å². The summed E-state index contributed by atoms with van der Waals surface area (Å²) in [6, 6.07) is -0.256. The molecule has 6 nitrogen and oxygen atoms in total. The number of hydrogen-bond donors (Lipinski definition) is 3. The standard InChI is InChI=1S/C9H21N4O2P/c1-9(2,3)8(6(5-14)12-16)7(15)4-11-13-10/h6-8,12,14-15H,4-5,16H2,1-3H3/t6-,7-,8?/m1/s1. The Morgan fingerprint density at radius 3 is 2.38 bits per heavy atom. The van der Waals surface area contributed by atoms with Crippen LogP contribution in [0.15, 0.2) is 5.11 Å². The van der Waals surface area contributed by atoms with Crippen molar-refractivity contribution in [2.45, 2.75) is 32.9 Å². The van der Waals surface area contributed by atoms with Gasteiger partial charge in [0.2, 0.25) is 0 Å². The molecule has 0 spiro atoms. The first kappa shape index (κ1) is 15.6. The highest BCUT2D eigenvalue weighted by atomic mass is 31.0. The zero-order valence-corrected chi connectivity index (χ0v) is 11.1. The van der Waals surface area contributed by atoms with Crippen LogP contribution in [0.1, 0.15) is 20.8 Å². The van der Waals surface area contributed by atoms with Gasteiger partial charge < -0.3 is 10.2 Å². The van der Waals surface area contributed by atoms with Gasteiger partial charge in [-0.15, -0.1) is 0 Å². The van der Waals surface area contributed by atoms with Crippen LogP contribution >= 0.6 is 9.39 Å². The molecule has 0 amide bonds. The van der Waals surface area contributed by atoms with Crippen molar-refractivity contribution in [1.29, 1.82) is 0 Å². The first-order valence-electron chi connectivity index (χ1n) is 5.14. The van der Waals surface area contributed by atoms with E-state index in [0.29, 0.717) is 0 Å². The number of nitrogens with one attached hydrogen (secondary N) is 1. The van der Waals surface area contributed by atoms with Crippen LogP contribution in [0.3, 0.4) is 0 Å². The minimum Gasteiger partial charge on any atom is -0.395 e. The molecule has 16 heavy (non-hydrogen) atoms. The average molecular weight is 248 g/mol. The fourth-order valence-corrected chi connectivity index (χ4v) is 2.27. The second-order valence-electron chi connectivity index (χ2n) is 4.83. The molecule has 2 unspecified atom stereocenters. The van der Waals surface area contributed by atoms with Gasteiger partial charge >= 0.3 is 0 Å². The van der Waals surface area contributed by atoms with Crippen molar-refractivity contribution in [2.24, 2.45) is 16.4 Å². The number of azide groups is 1. The topological polar surface area (TPSA) is 101 Å². The third-order valence-corrected chi connectivity index (χ3v) is 3.02. The minimum absolute atomic E-state index is 0.0152. The van der Waals surface area contributed by atoms with E-state index in [0.717, 1.165) is 0 Å². The molecule has 0 aliphatic carbocycles. The van der Waals surface area contributed by atoms with E-state index in [9.17, 15) is 10.2 Å². The number of nitrogens with zero attached hydrogens (tertiary/aromatic N) is 3. The summed E-state index contributed by atoms with van der Waals surface area (Å²) in [6.07, 6.45) is -0.777. The molecule has 4 atom stereocenters. The quantitative estimate of drug-likeness (QED) is 0.283. The molecule has 7 heteroatoms. The molecule has 3 N–H and O–H groups in total. The maximum atomic E-state index is 9.98. The molecule has 0 aromatic carbocycles. The lowest BCUT2D eigenvalue weighted by Gasteiger charge is -2.39. The van der Waals surface area contributed by atoms with Crippen molar-refractivity contribution in [3.63, 3.8) is 0 Å². The molecule has 0 heterocycles. The molecule has 0 bridgehead atoms. The summed E-state index contributed by atoms with van der Waals surface area (Å²) in [4.78, 5) is 2.63. The Balaban J connectivity index is 4.85. The van der Waals surface area contributed by atoms with Crippen LogP contribution in [0.2, 0.25) is 0 Å². The zero-order valence-electron chi connectivity index (χ0n) is 9.96. The smallest absolute Gasteiger partial charge is 0.0645 e. The van der Waals surface area contributed by atoms with Gasteiger partial charge in [0.15, 0.2) is 0 Å². The predicted molar refractivity (Wildman–Crippen MR) is 66.7 cm³/mol. The van der Waals surface area contributed by atoms with Crippen molar-refractivity contribution in [1.82, 2.24) is 5.09 Å². The summed E-state index contributed by atoms with van der Waals surface area (Å²) < 4.78 is 0. The normalized spacial score (nSPS) is 17.4. The molecule has 0 saturated carbocycles. The monoisotopic (exact) mass is 248 g/mol. The summed E-state index contributed by atoms with van der Waals surface area (Å²) in [5.74, 6) is -0.208. The first-order valence-corrected chi connectivity index (χ1v) is 5.72. The van der Waals surface area contributed by atoms with Gasteiger partial charge in [0, 0.05) is 16.9 Å². The van der Waals surface area contributed by atoms with E-state index in [4.69, 9.17) is 5.53 Å². The highest BCUT2D eigenvalue weighted by Crippen LogP contribution is 2.32. The SMILES string of the molecule is CC(C)(C)C([C@H](O)CN=[N+]=[N-])[C@@H](CO)NP. The molecule has 0 aromatic heterocycles. The summed E-state index contributed by atoms with van der Waals surface area (Å²) in [7, 11) is 2.33. The maximum Gasteiger partial charge on any atom is 0.0645 e. The van der Waals surface area contributed by atoms with Crippen molar-refractivity contribution in [3.05, 3.63) is 10.4 Å². The van der Waals surface area contributed by atoms with Gasteiger partial charge in [0.25, 0.3) is 0 Å². The molecule has 0 aromatic rings. The lowest BCUT2D eigenvalue weighted by Crippen LogP contribution is -2.48. The van der Waals surface area contributed by atoms with Crippen molar-refractivity contribution in [2.75, 3.05) is 13.2 Å². The molecule has 0 rings (SSSR count). The molecule has 0 aliphatic heterocycles. The third-order valence-electron chi connectivity index (χ3n) is 2.59. The first-order chi connectivity index (χ1) is 7.38. The molecule has 94 valence electrons. The third kappa shape index (κ3) is 4.64. The van der Waals surface area contributed by atoms with Crippen molar-refractivity contribution < 1.29 is 10.2 Å². The number of aliphatic hydroxyl groups is 2. The average Bonchev–Trinajstić information content (AvgIpc) is 2.20. The van der Waals surface area contributed by atoms with E-state index >= 15 is 0 Å². The van der Waals surface area contributed by atoms with Crippen molar-refractivity contribution in [3.8, 4) is 0 Å². The summed E-state index contributed by atoms with van der Waals surface area (Å²) in [6.45, 7) is 5.85. The maximum absolute atomic E-state index is 9.98. The Kier molecular flexibility index (Phi) is 6.88. The Morgan fingerprint density at radius 2 is 2.06 bits per heavy atom. The minimum atomic E-state index is -0.777. The predicted octanol–water partition coefficient (Wildman–Crippen LogP) is 1.06. The van der Waals surface area contributed by atoms with E-state index in [-0.39, 0.29) is 30.5 Å². The van der Waals surface area contributed by atoms with E-state index < -0.39 is 6.10 Å². The molecule has 0 fully saturated rings. The van der Waals surface area contributed by atoms with E-state index in [1.54, 1.807) is 0 Å². The second kappa shape index (κ2) is 7.05. The van der Waals surface area contributed by atoms with Gasteiger partial charge in [-0.05, 0) is 10.9 Å². The lowest BCUT2D eigenvalue weighted by atomic mass is 9.73. The molecule has 0 saturated heterocycles. The van der Waals surface area contributed by atoms with Crippen molar-refractivity contribution >= 4 is 9.39 Å². The van der Waals surface area contributed by atoms with Crippen LogP contribution in [-0.2, 0) is 0 Å². The summed E-state index contributed by atoms with van der Waals surface area (Å²) >= 11 is 0. The number of hydrogen-bond acceptors (Lipinski definition) is 4. The fraction of sp³-hybridized carbons (Fsp3) is 1.00.